The lowest BCUT2D eigenvalue weighted by atomic mass is 10.1. The predicted octanol–water partition coefficient (Wildman–Crippen LogP) is 3.51. The molecule has 3 heteroatoms. The molecule has 0 bridgehead atoms. The van der Waals surface area contributed by atoms with Gasteiger partial charge >= 0.3 is 0 Å². The van der Waals surface area contributed by atoms with E-state index < -0.39 is 0 Å². The highest BCUT2D eigenvalue weighted by molar-refractivity contribution is 6.15. The highest BCUT2D eigenvalue weighted by Crippen LogP contribution is 2.27. The number of halogens is 1. The van der Waals surface area contributed by atoms with Gasteiger partial charge in [-0.15, -0.1) is 11.6 Å². The number of rotatable bonds is 4. The summed E-state index contributed by atoms with van der Waals surface area (Å²) in [4.78, 5) is 0. The Balaban J connectivity index is 0.000000921. The van der Waals surface area contributed by atoms with E-state index in [2.05, 4.69) is 24.6 Å². The van der Waals surface area contributed by atoms with Gasteiger partial charge in [-0.2, -0.15) is 0 Å². The van der Waals surface area contributed by atoms with Crippen molar-refractivity contribution in [3.8, 4) is 11.5 Å². The summed E-state index contributed by atoms with van der Waals surface area (Å²) < 4.78 is 10.6. The van der Waals surface area contributed by atoms with E-state index in [9.17, 15) is 0 Å². The molecule has 0 saturated carbocycles. The molecule has 0 atom stereocenters. The van der Waals surface area contributed by atoms with Gasteiger partial charge in [-0.05, 0) is 31.0 Å². The van der Waals surface area contributed by atoms with Crippen LogP contribution in [0.15, 0.2) is 18.2 Å². The molecule has 0 saturated heterocycles. The van der Waals surface area contributed by atoms with Crippen molar-refractivity contribution in [1.82, 2.24) is 0 Å². The lowest BCUT2D eigenvalue weighted by Gasteiger charge is -2.09. The lowest BCUT2D eigenvalue weighted by Crippen LogP contribution is -1.95. The smallest absolute Gasteiger partial charge is 0.161 e. The third-order valence-electron chi connectivity index (χ3n) is 1.94. The molecule has 0 unspecified atom stereocenters. The normalized spacial score (nSPS) is 8.87. The summed E-state index contributed by atoms with van der Waals surface area (Å²) >= 11 is 4.64. The molecule has 0 spiro atoms. The summed E-state index contributed by atoms with van der Waals surface area (Å²) in [5.41, 5.74) is 1.26. The third kappa shape index (κ3) is 4.43. The Morgan fingerprint density at radius 2 is 1.80 bits per heavy atom. The fourth-order valence-electron chi connectivity index (χ4n) is 1.21. The van der Waals surface area contributed by atoms with E-state index in [1.807, 2.05) is 19.1 Å². The van der Waals surface area contributed by atoms with Crippen LogP contribution in [0.3, 0.4) is 0 Å². The zero-order chi connectivity index (χ0) is 11.7. The number of aryl methyl sites for hydroxylation is 1. The van der Waals surface area contributed by atoms with Gasteiger partial charge in [0.05, 0.1) is 13.7 Å². The minimum Gasteiger partial charge on any atom is -0.493 e. The summed E-state index contributed by atoms with van der Waals surface area (Å²) in [6, 6.07) is 6.04. The van der Waals surface area contributed by atoms with Gasteiger partial charge in [0.1, 0.15) is 0 Å². The van der Waals surface area contributed by atoms with Gasteiger partial charge < -0.3 is 9.47 Å². The van der Waals surface area contributed by atoms with Gasteiger partial charge in [0.15, 0.2) is 11.5 Å². The summed E-state index contributed by atoms with van der Waals surface area (Å²) in [6.07, 6.45) is 2.49. The van der Waals surface area contributed by atoms with Crippen LogP contribution in [0.25, 0.3) is 0 Å². The molecule has 1 aromatic carbocycles. The fraction of sp³-hybridized carbons (Fsp3) is 0.500. The van der Waals surface area contributed by atoms with E-state index in [4.69, 9.17) is 9.47 Å². The molecule has 0 aliphatic rings. The van der Waals surface area contributed by atoms with Crippen molar-refractivity contribution in [1.29, 1.82) is 0 Å². The largest absolute Gasteiger partial charge is 0.493 e. The zero-order valence-corrected chi connectivity index (χ0v) is 10.6. The SMILES string of the molecule is CCOc1ccc(CC)cc1OC.CCl. The monoisotopic (exact) mass is 230 g/mol. The molecule has 1 aromatic rings. The number of hydrogen-bond donors (Lipinski definition) is 0. The lowest BCUT2D eigenvalue weighted by molar-refractivity contribution is 0.310. The molecular formula is C12H19ClO2. The van der Waals surface area contributed by atoms with Gasteiger partial charge in [0.25, 0.3) is 0 Å². The average Bonchev–Trinajstić information content (AvgIpc) is 2.32. The first-order chi connectivity index (χ1) is 7.31. The number of ether oxygens (including phenoxy) is 2. The molecule has 86 valence electrons. The Kier molecular flexibility index (Phi) is 7.92. The first-order valence-corrected chi connectivity index (χ1v) is 5.74. The van der Waals surface area contributed by atoms with Gasteiger partial charge in [-0.25, -0.2) is 0 Å². The quantitative estimate of drug-likeness (QED) is 0.737. The molecule has 0 fully saturated rings. The summed E-state index contributed by atoms with van der Waals surface area (Å²) in [5, 5.41) is 0. The van der Waals surface area contributed by atoms with Crippen molar-refractivity contribution in [3.63, 3.8) is 0 Å². The average molecular weight is 231 g/mol. The highest BCUT2D eigenvalue weighted by Gasteiger charge is 2.03. The van der Waals surface area contributed by atoms with E-state index in [-0.39, 0.29) is 0 Å². The number of hydrogen-bond acceptors (Lipinski definition) is 2. The second-order valence-electron chi connectivity index (χ2n) is 2.77. The predicted molar refractivity (Wildman–Crippen MR) is 65.3 cm³/mol. The van der Waals surface area contributed by atoms with Crippen LogP contribution in [0.4, 0.5) is 0 Å². The standard InChI is InChI=1S/C11H16O2.CH3Cl/c1-4-9-6-7-10(13-5-2)11(8-9)12-3;1-2/h6-8H,4-5H2,1-3H3;1H3. The van der Waals surface area contributed by atoms with Crippen molar-refractivity contribution in [2.24, 2.45) is 0 Å². The third-order valence-corrected chi connectivity index (χ3v) is 1.94. The molecule has 0 N–H and O–H groups in total. The molecule has 0 heterocycles. The second kappa shape index (κ2) is 8.42. The van der Waals surface area contributed by atoms with Crippen LogP contribution in [0.1, 0.15) is 19.4 Å². The topological polar surface area (TPSA) is 18.5 Å². The maximum Gasteiger partial charge on any atom is 0.161 e. The van der Waals surface area contributed by atoms with E-state index in [0.29, 0.717) is 6.61 Å². The minimum absolute atomic E-state index is 0.668. The minimum atomic E-state index is 0.668. The highest BCUT2D eigenvalue weighted by atomic mass is 35.5. The molecule has 15 heavy (non-hydrogen) atoms. The molecule has 0 radical (unpaired) electrons. The molecule has 2 nitrogen and oxygen atoms in total. The first kappa shape index (κ1) is 14.1. The molecule has 0 amide bonds. The Morgan fingerprint density at radius 3 is 2.27 bits per heavy atom. The Hall–Kier alpha value is -0.890. The fourth-order valence-corrected chi connectivity index (χ4v) is 1.21. The Labute approximate surface area is 97.2 Å². The van der Waals surface area contributed by atoms with Crippen LogP contribution in [0, 0.1) is 0 Å². The van der Waals surface area contributed by atoms with Crippen LogP contribution >= 0.6 is 11.6 Å². The maximum absolute atomic E-state index is 5.40. The summed E-state index contributed by atoms with van der Waals surface area (Å²) in [6.45, 7) is 4.75. The zero-order valence-electron chi connectivity index (χ0n) is 9.84. The number of alkyl halides is 1. The summed E-state index contributed by atoms with van der Waals surface area (Å²) in [7, 11) is 1.66. The second-order valence-corrected chi connectivity index (χ2v) is 2.77. The summed E-state index contributed by atoms with van der Waals surface area (Å²) in [5.74, 6) is 1.64. The van der Waals surface area contributed by atoms with Crippen molar-refractivity contribution >= 4 is 11.6 Å². The molecule has 0 aliphatic heterocycles. The van der Waals surface area contributed by atoms with Crippen molar-refractivity contribution < 1.29 is 9.47 Å². The van der Waals surface area contributed by atoms with Gasteiger partial charge in [-0.1, -0.05) is 13.0 Å². The van der Waals surface area contributed by atoms with Gasteiger partial charge in [0.2, 0.25) is 0 Å². The van der Waals surface area contributed by atoms with Crippen LogP contribution in [-0.2, 0) is 6.42 Å². The van der Waals surface area contributed by atoms with Crippen LogP contribution in [0.5, 0.6) is 11.5 Å². The van der Waals surface area contributed by atoms with Gasteiger partial charge in [-0.3, -0.25) is 0 Å². The number of benzene rings is 1. The molecule has 1 rings (SSSR count). The first-order valence-electron chi connectivity index (χ1n) is 4.99. The van der Waals surface area contributed by atoms with Gasteiger partial charge in [0, 0.05) is 6.38 Å². The van der Waals surface area contributed by atoms with E-state index >= 15 is 0 Å². The van der Waals surface area contributed by atoms with Crippen LogP contribution in [0.2, 0.25) is 0 Å². The van der Waals surface area contributed by atoms with E-state index in [0.717, 1.165) is 17.9 Å². The number of methoxy groups -OCH3 is 1. The Bertz CT molecular complexity index is 274. The maximum atomic E-state index is 5.40. The Morgan fingerprint density at radius 1 is 1.13 bits per heavy atom. The van der Waals surface area contributed by atoms with E-state index in [1.165, 1.54) is 11.9 Å². The van der Waals surface area contributed by atoms with Crippen LogP contribution < -0.4 is 9.47 Å². The molecule has 0 aromatic heterocycles. The van der Waals surface area contributed by atoms with Crippen molar-refractivity contribution in [2.75, 3.05) is 20.1 Å². The molecular weight excluding hydrogens is 212 g/mol. The molecule has 0 aliphatic carbocycles. The van der Waals surface area contributed by atoms with Crippen molar-refractivity contribution in [2.45, 2.75) is 20.3 Å². The van der Waals surface area contributed by atoms with Crippen LogP contribution in [-0.4, -0.2) is 20.1 Å². The van der Waals surface area contributed by atoms with Crippen molar-refractivity contribution in [3.05, 3.63) is 23.8 Å². The van der Waals surface area contributed by atoms with E-state index in [1.54, 1.807) is 7.11 Å².